The van der Waals surface area contributed by atoms with Gasteiger partial charge in [0.1, 0.15) is 17.1 Å². The number of pyridine rings is 1. The first-order valence-electron chi connectivity index (χ1n) is 7.62. The molecular weight excluding hydrogens is 377 g/mol. The molecule has 2 rings (SSSR count). The number of rotatable bonds is 7. The largest absolute Gasteiger partial charge is 0.437 e. The number of carbonyl (C=O) groups excluding carboxylic acids is 1. The molecule has 0 radical (unpaired) electrons. The third-order valence-corrected chi connectivity index (χ3v) is 3.88. The van der Waals surface area contributed by atoms with Gasteiger partial charge >= 0.3 is 0 Å². The molecule has 0 aliphatic heterocycles. The second-order valence-corrected chi connectivity index (χ2v) is 6.45. The number of halogens is 2. The summed E-state index contributed by atoms with van der Waals surface area (Å²) in [7, 11) is 4.13. The number of benzene rings is 1. The van der Waals surface area contributed by atoms with Crippen molar-refractivity contribution in [3.05, 3.63) is 52.4 Å². The van der Waals surface area contributed by atoms with Crippen molar-refractivity contribution in [2.75, 3.05) is 27.2 Å². The maximum atomic E-state index is 13.2. The number of amides is 1. The Kier molecular flexibility index (Phi) is 6.69. The summed E-state index contributed by atoms with van der Waals surface area (Å²) in [6.07, 6.45) is 2.42. The van der Waals surface area contributed by atoms with Crippen LogP contribution in [0.25, 0.3) is 0 Å². The van der Waals surface area contributed by atoms with Gasteiger partial charge in [0.05, 0.1) is 25.1 Å². The maximum Gasteiger partial charge on any atom is 0.256 e. The molecule has 0 atom stereocenters. The van der Waals surface area contributed by atoms with E-state index in [9.17, 15) is 9.18 Å². The van der Waals surface area contributed by atoms with Crippen LogP contribution in [0.2, 0.25) is 0 Å². The SMILES string of the molecule is C[NH+](C)CCCNC(=O)c1cccnc1Oc1ccc(F)cc1Br. The fourth-order valence-corrected chi connectivity index (χ4v) is 2.48. The van der Waals surface area contributed by atoms with Crippen molar-refractivity contribution in [1.29, 1.82) is 0 Å². The Bertz CT molecular complexity index is 710. The van der Waals surface area contributed by atoms with E-state index in [0.717, 1.165) is 13.0 Å². The molecule has 24 heavy (non-hydrogen) atoms. The minimum Gasteiger partial charge on any atom is -0.437 e. The topological polar surface area (TPSA) is 55.7 Å². The molecule has 0 saturated carbocycles. The predicted molar refractivity (Wildman–Crippen MR) is 93.0 cm³/mol. The van der Waals surface area contributed by atoms with Crippen molar-refractivity contribution < 1.29 is 18.8 Å². The molecule has 2 N–H and O–H groups in total. The summed E-state index contributed by atoms with van der Waals surface area (Å²) in [4.78, 5) is 17.8. The van der Waals surface area contributed by atoms with Crippen LogP contribution >= 0.6 is 15.9 Å². The minimum absolute atomic E-state index is 0.181. The van der Waals surface area contributed by atoms with Crippen molar-refractivity contribution in [3.8, 4) is 11.6 Å². The van der Waals surface area contributed by atoms with Crippen LogP contribution < -0.4 is 15.0 Å². The van der Waals surface area contributed by atoms with Gasteiger partial charge in [-0.3, -0.25) is 4.79 Å². The lowest BCUT2D eigenvalue weighted by molar-refractivity contribution is -0.858. The van der Waals surface area contributed by atoms with Gasteiger partial charge in [0.25, 0.3) is 5.91 Å². The standard InChI is InChI=1S/C17H19BrFN3O2/c1-22(2)10-4-9-20-16(23)13-5-3-8-21-17(13)24-15-7-6-12(19)11-14(15)18/h3,5-8,11H,4,9-10H2,1-2H3,(H,20,23)/p+1. The van der Waals surface area contributed by atoms with Crippen LogP contribution in [0.1, 0.15) is 16.8 Å². The first kappa shape index (κ1) is 18.4. The van der Waals surface area contributed by atoms with Gasteiger partial charge in [-0.05, 0) is 46.3 Å². The van der Waals surface area contributed by atoms with E-state index in [4.69, 9.17) is 4.74 Å². The summed E-state index contributed by atoms with van der Waals surface area (Å²) in [6, 6.07) is 7.38. The first-order valence-corrected chi connectivity index (χ1v) is 8.42. The van der Waals surface area contributed by atoms with Gasteiger partial charge in [-0.2, -0.15) is 0 Å². The molecule has 0 aliphatic rings. The van der Waals surface area contributed by atoms with E-state index in [1.54, 1.807) is 18.3 Å². The normalized spacial score (nSPS) is 10.7. The molecule has 0 saturated heterocycles. The molecule has 128 valence electrons. The molecule has 0 aliphatic carbocycles. The van der Waals surface area contributed by atoms with Crippen LogP contribution in [0.4, 0.5) is 4.39 Å². The smallest absolute Gasteiger partial charge is 0.256 e. The van der Waals surface area contributed by atoms with Gasteiger partial charge in [-0.25, -0.2) is 9.37 Å². The number of carbonyl (C=O) groups is 1. The molecule has 0 unspecified atom stereocenters. The van der Waals surface area contributed by atoms with Gasteiger partial charge in [0.2, 0.25) is 5.88 Å². The molecular formula is C17H20BrFN3O2+. The van der Waals surface area contributed by atoms with Crippen LogP contribution in [0.5, 0.6) is 11.6 Å². The molecule has 7 heteroatoms. The molecule has 1 aromatic carbocycles. The number of ether oxygens (including phenoxy) is 1. The van der Waals surface area contributed by atoms with Gasteiger partial charge < -0.3 is 15.0 Å². The van der Waals surface area contributed by atoms with Crippen LogP contribution in [0.15, 0.2) is 41.0 Å². The average Bonchev–Trinajstić information content (AvgIpc) is 2.54. The van der Waals surface area contributed by atoms with Crippen LogP contribution in [0, 0.1) is 5.82 Å². The van der Waals surface area contributed by atoms with E-state index in [-0.39, 0.29) is 17.6 Å². The van der Waals surface area contributed by atoms with E-state index in [1.807, 2.05) is 0 Å². The summed E-state index contributed by atoms with van der Waals surface area (Å²) in [5.41, 5.74) is 0.339. The monoisotopic (exact) mass is 396 g/mol. The Balaban J connectivity index is 2.08. The van der Waals surface area contributed by atoms with Gasteiger partial charge in [0, 0.05) is 19.2 Å². The predicted octanol–water partition coefficient (Wildman–Crippen LogP) is 2.04. The number of nitrogens with zero attached hydrogens (tertiary/aromatic N) is 1. The summed E-state index contributed by atoms with van der Waals surface area (Å²) in [5, 5.41) is 2.86. The second kappa shape index (κ2) is 8.75. The highest BCUT2D eigenvalue weighted by atomic mass is 79.9. The zero-order valence-electron chi connectivity index (χ0n) is 13.6. The Labute approximate surface area is 149 Å². The number of aromatic nitrogens is 1. The molecule has 1 heterocycles. The first-order chi connectivity index (χ1) is 11.5. The summed E-state index contributed by atoms with van der Waals surface area (Å²) < 4.78 is 19.3. The van der Waals surface area contributed by atoms with Gasteiger partial charge in [-0.1, -0.05) is 0 Å². The lowest BCUT2D eigenvalue weighted by atomic mass is 10.2. The van der Waals surface area contributed by atoms with Crippen molar-refractivity contribution in [2.45, 2.75) is 6.42 Å². The summed E-state index contributed by atoms with van der Waals surface area (Å²) in [5.74, 6) is -0.0535. The molecule has 0 fully saturated rings. The highest BCUT2D eigenvalue weighted by molar-refractivity contribution is 9.10. The Morgan fingerprint density at radius 2 is 2.17 bits per heavy atom. The summed E-state index contributed by atoms with van der Waals surface area (Å²) in [6.45, 7) is 1.55. The van der Waals surface area contributed by atoms with Crippen molar-refractivity contribution >= 4 is 21.8 Å². The second-order valence-electron chi connectivity index (χ2n) is 5.60. The molecule has 0 bridgehead atoms. The third-order valence-electron chi connectivity index (χ3n) is 3.26. The average molecular weight is 397 g/mol. The zero-order valence-corrected chi connectivity index (χ0v) is 15.2. The van der Waals surface area contributed by atoms with E-state index >= 15 is 0 Å². The van der Waals surface area contributed by atoms with Crippen LogP contribution in [-0.2, 0) is 0 Å². The van der Waals surface area contributed by atoms with E-state index < -0.39 is 0 Å². The Morgan fingerprint density at radius 1 is 1.38 bits per heavy atom. The highest BCUT2D eigenvalue weighted by Gasteiger charge is 2.15. The number of hydrogen-bond acceptors (Lipinski definition) is 3. The number of quaternary nitrogens is 1. The van der Waals surface area contributed by atoms with E-state index in [1.165, 1.54) is 23.1 Å². The number of hydrogen-bond donors (Lipinski definition) is 2. The quantitative estimate of drug-likeness (QED) is 0.704. The Hall–Kier alpha value is -1.99. The molecule has 5 nitrogen and oxygen atoms in total. The van der Waals surface area contributed by atoms with Crippen LogP contribution in [0.3, 0.4) is 0 Å². The lowest BCUT2D eigenvalue weighted by Gasteiger charge is -2.12. The fourth-order valence-electron chi connectivity index (χ4n) is 2.05. The molecule has 1 aromatic heterocycles. The van der Waals surface area contributed by atoms with E-state index in [2.05, 4.69) is 40.3 Å². The fraction of sp³-hybridized carbons (Fsp3) is 0.294. The zero-order chi connectivity index (χ0) is 17.5. The lowest BCUT2D eigenvalue weighted by Crippen LogP contribution is -3.05. The van der Waals surface area contributed by atoms with Gasteiger partial charge in [0.15, 0.2) is 0 Å². The molecule has 1 amide bonds. The Morgan fingerprint density at radius 3 is 2.88 bits per heavy atom. The molecule has 0 spiro atoms. The van der Waals surface area contributed by atoms with Crippen molar-refractivity contribution in [1.82, 2.24) is 10.3 Å². The van der Waals surface area contributed by atoms with Crippen molar-refractivity contribution in [3.63, 3.8) is 0 Å². The van der Waals surface area contributed by atoms with E-state index in [0.29, 0.717) is 22.3 Å². The summed E-state index contributed by atoms with van der Waals surface area (Å²) >= 11 is 3.24. The van der Waals surface area contributed by atoms with Crippen LogP contribution in [-0.4, -0.2) is 38.1 Å². The molecule has 2 aromatic rings. The maximum absolute atomic E-state index is 13.2. The third kappa shape index (κ3) is 5.28. The van der Waals surface area contributed by atoms with Crippen molar-refractivity contribution in [2.24, 2.45) is 0 Å². The van der Waals surface area contributed by atoms with Gasteiger partial charge in [-0.15, -0.1) is 0 Å². The minimum atomic E-state index is -0.378. The number of nitrogens with one attached hydrogen (secondary N) is 2. The highest BCUT2D eigenvalue weighted by Crippen LogP contribution is 2.30.